The summed E-state index contributed by atoms with van der Waals surface area (Å²) in [6.07, 6.45) is 0. The van der Waals surface area contributed by atoms with E-state index in [0.29, 0.717) is 17.7 Å². The van der Waals surface area contributed by atoms with Gasteiger partial charge in [0.25, 0.3) is 5.91 Å². The van der Waals surface area contributed by atoms with E-state index in [0.717, 1.165) is 38.5 Å². The molecule has 1 N–H and O–H groups in total. The van der Waals surface area contributed by atoms with Crippen molar-refractivity contribution in [3.8, 4) is 5.75 Å². The molecule has 2 aromatic rings. The van der Waals surface area contributed by atoms with Gasteiger partial charge in [-0.25, -0.2) is 4.79 Å². The molecule has 1 amide bonds. The summed E-state index contributed by atoms with van der Waals surface area (Å²) in [6, 6.07) is 14.6. The number of carbonyl (C=O) groups excluding carboxylic acids is 2. The summed E-state index contributed by atoms with van der Waals surface area (Å²) in [4.78, 5) is 28.4. The number of amides is 1. The molecule has 0 spiro atoms. The molecule has 1 saturated heterocycles. The zero-order valence-corrected chi connectivity index (χ0v) is 16.9. The highest BCUT2D eigenvalue weighted by Crippen LogP contribution is 2.20. The summed E-state index contributed by atoms with van der Waals surface area (Å²) in [5.41, 5.74) is 2.16. The molecule has 1 heterocycles. The number of rotatable bonds is 7. The maximum absolute atomic E-state index is 12.3. The van der Waals surface area contributed by atoms with E-state index in [-0.39, 0.29) is 5.91 Å². The molecule has 0 radical (unpaired) electrons. The highest BCUT2D eigenvalue weighted by Gasteiger charge is 2.17. The number of anilines is 1. The molecule has 3 rings (SSSR count). The monoisotopic (exact) mass is 397 g/mol. The van der Waals surface area contributed by atoms with Crippen LogP contribution in [0.2, 0.25) is 0 Å². The number of benzene rings is 2. The van der Waals surface area contributed by atoms with Gasteiger partial charge in [0.2, 0.25) is 0 Å². The lowest BCUT2D eigenvalue weighted by molar-refractivity contribution is 0.0600. The van der Waals surface area contributed by atoms with Gasteiger partial charge in [0.1, 0.15) is 5.75 Å². The van der Waals surface area contributed by atoms with Crippen LogP contribution in [0.25, 0.3) is 0 Å². The largest absolute Gasteiger partial charge is 0.497 e. The predicted molar refractivity (Wildman–Crippen MR) is 112 cm³/mol. The fourth-order valence-corrected chi connectivity index (χ4v) is 3.33. The number of carbonyl (C=O) groups is 2. The molecule has 7 nitrogen and oxygen atoms in total. The molecular weight excluding hydrogens is 370 g/mol. The highest BCUT2D eigenvalue weighted by atomic mass is 16.5. The van der Waals surface area contributed by atoms with Crippen LogP contribution < -0.4 is 15.0 Å². The first-order valence-electron chi connectivity index (χ1n) is 9.68. The lowest BCUT2D eigenvalue weighted by atomic mass is 10.1. The Bertz CT molecular complexity index is 813. The van der Waals surface area contributed by atoms with E-state index in [2.05, 4.69) is 32.0 Å². The van der Waals surface area contributed by atoms with Crippen LogP contribution in [0.4, 0.5) is 5.69 Å². The number of piperazine rings is 1. The predicted octanol–water partition coefficient (Wildman–Crippen LogP) is 2.03. The minimum absolute atomic E-state index is 0.140. The van der Waals surface area contributed by atoms with Gasteiger partial charge in [0, 0.05) is 50.5 Å². The number of ether oxygens (including phenoxy) is 2. The van der Waals surface area contributed by atoms with Gasteiger partial charge in [-0.1, -0.05) is 0 Å². The van der Waals surface area contributed by atoms with Crippen LogP contribution in [0.5, 0.6) is 5.75 Å². The Morgan fingerprint density at radius 2 is 1.52 bits per heavy atom. The molecule has 7 heteroatoms. The molecule has 154 valence electrons. The van der Waals surface area contributed by atoms with Gasteiger partial charge in [0.15, 0.2) is 0 Å². The van der Waals surface area contributed by atoms with E-state index in [1.807, 2.05) is 12.1 Å². The summed E-state index contributed by atoms with van der Waals surface area (Å²) >= 11 is 0. The Morgan fingerprint density at radius 3 is 2.10 bits per heavy atom. The lowest BCUT2D eigenvalue weighted by Crippen LogP contribution is -2.48. The maximum Gasteiger partial charge on any atom is 0.337 e. The van der Waals surface area contributed by atoms with Crippen LogP contribution in [0.1, 0.15) is 20.7 Å². The van der Waals surface area contributed by atoms with Gasteiger partial charge in [-0.3, -0.25) is 9.69 Å². The zero-order valence-electron chi connectivity index (χ0n) is 16.9. The van der Waals surface area contributed by atoms with Crippen molar-refractivity contribution < 1.29 is 19.1 Å². The number of methoxy groups -OCH3 is 2. The summed E-state index contributed by atoms with van der Waals surface area (Å²) < 4.78 is 9.87. The second-order valence-electron chi connectivity index (χ2n) is 6.85. The molecule has 1 aliphatic heterocycles. The average Bonchev–Trinajstić information content (AvgIpc) is 2.79. The second-order valence-corrected chi connectivity index (χ2v) is 6.85. The summed E-state index contributed by atoms with van der Waals surface area (Å²) in [5, 5.41) is 2.94. The van der Waals surface area contributed by atoms with E-state index in [1.54, 1.807) is 31.4 Å². The van der Waals surface area contributed by atoms with Crippen molar-refractivity contribution in [2.24, 2.45) is 0 Å². The summed E-state index contributed by atoms with van der Waals surface area (Å²) in [5.74, 6) is 0.312. The maximum atomic E-state index is 12.3. The Morgan fingerprint density at radius 1 is 0.897 bits per heavy atom. The lowest BCUT2D eigenvalue weighted by Gasteiger charge is -2.36. The first-order chi connectivity index (χ1) is 14.1. The van der Waals surface area contributed by atoms with Gasteiger partial charge in [0.05, 0.1) is 19.8 Å². The van der Waals surface area contributed by atoms with Gasteiger partial charge in [-0.05, 0) is 48.5 Å². The van der Waals surface area contributed by atoms with Crippen molar-refractivity contribution in [2.45, 2.75) is 0 Å². The summed E-state index contributed by atoms with van der Waals surface area (Å²) in [7, 11) is 3.00. The highest BCUT2D eigenvalue weighted by molar-refractivity contribution is 5.96. The fraction of sp³-hybridized carbons (Fsp3) is 0.364. The number of esters is 1. The Balaban J connectivity index is 1.40. The van der Waals surface area contributed by atoms with Crippen molar-refractivity contribution in [3.63, 3.8) is 0 Å². The second kappa shape index (κ2) is 9.93. The minimum Gasteiger partial charge on any atom is -0.497 e. The Labute approximate surface area is 171 Å². The van der Waals surface area contributed by atoms with Crippen LogP contribution in [-0.4, -0.2) is 70.3 Å². The van der Waals surface area contributed by atoms with Crippen LogP contribution in [0, 0.1) is 0 Å². The van der Waals surface area contributed by atoms with Gasteiger partial charge >= 0.3 is 5.97 Å². The molecule has 1 aliphatic rings. The molecule has 0 aromatic heterocycles. The van der Waals surface area contributed by atoms with Crippen molar-refractivity contribution in [1.29, 1.82) is 0 Å². The van der Waals surface area contributed by atoms with Gasteiger partial charge < -0.3 is 19.7 Å². The van der Waals surface area contributed by atoms with Crippen molar-refractivity contribution in [2.75, 3.05) is 58.4 Å². The quantitative estimate of drug-likeness (QED) is 0.721. The van der Waals surface area contributed by atoms with E-state index in [1.165, 1.54) is 12.8 Å². The van der Waals surface area contributed by atoms with E-state index >= 15 is 0 Å². The minimum atomic E-state index is -0.411. The van der Waals surface area contributed by atoms with Crippen LogP contribution >= 0.6 is 0 Å². The number of nitrogens with one attached hydrogen (secondary N) is 1. The fourth-order valence-electron chi connectivity index (χ4n) is 3.33. The number of hydrogen-bond acceptors (Lipinski definition) is 6. The third-order valence-electron chi connectivity index (χ3n) is 5.09. The molecule has 0 atom stereocenters. The first kappa shape index (κ1) is 20.7. The average molecular weight is 397 g/mol. The standard InChI is InChI=1S/C22H27N3O4/c1-28-20-9-7-19(8-10-20)25-15-13-24(14-16-25)12-11-23-21(26)17-3-5-18(6-4-17)22(27)29-2/h3-10H,11-16H2,1-2H3,(H,23,26). The molecular formula is C22H27N3O4. The van der Waals surface area contributed by atoms with Crippen LogP contribution in [0.3, 0.4) is 0 Å². The Kier molecular flexibility index (Phi) is 7.08. The van der Waals surface area contributed by atoms with E-state index in [9.17, 15) is 9.59 Å². The van der Waals surface area contributed by atoms with Gasteiger partial charge in [-0.15, -0.1) is 0 Å². The smallest absolute Gasteiger partial charge is 0.337 e. The van der Waals surface area contributed by atoms with Crippen LogP contribution in [0.15, 0.2) is 48.5 Å². The number of hydrogen-bond donors (Lipinski definition) is 1. The SMILES string of the molecule is COC(=O)c1ccc(C(=O)NCCN2CCN(c3ccc(OC)cc3)CC2)cc1. The molecule has 0 bridgehead atoms. The van der Waals surface area contributed by atoms with Gasteiger partial charge in [-0.2, -0.15) is 0 Å². The van der Waals surface area contributed by atoms with E-state index < -0.39 is 5.97 Å². The third-order valence-corrected chi connectivity index (χ3v) is 5.09. The first-order valence-corrected chi connectivity index (χ1v) is 9.68. The topological polar surface area (TPSA) is 71.1 Å². The zero-order chi connectivity index (χ0) is 20.6. The summed E-state index contributed by atoms with van der Waals surface area (Å²) in [6.45, 7) is 5.21. The molecule has 0 aliphatic carbocycles. The van der Waals surface area contributed by atoms with Crippen molar-refractivity contribution in [3.05, 3.63) is 59.7 Å². The molecule has 29 heavy (non-hydrogen) atoms. The molecule has 2 aromatic carbocycles. The van der Waals surface area contributed by atoms with E-state index in [4.69, 9.17) is 4.74 Å². The molecule has 1 fully saturated rings. The normalized spacial score (nSPS) is 14.3. The molecule has 0 unspecified atom stereocenters. The number of nitrogens with zero attached hydrogens (tertiary/aromatic N) is 2. The van der Waals surface area contributed by atoms with Crippen molar-refractivity contribution >= 4 is 17.6 Å². The Hall–Kier alpha value is -3.06. The third kappa shape index (κ3) is 5.48. The molecule has 0 saturated carbocycles. The van der Waals surface area contributed by atoms with Crippen LogP contribution in [-0.2, 0) is 4.74 Å². The van der Waals surface area contributed by atoms with Crippen molar-refractivity contribution in [1.82, 2.24) is 10.2 Å².